The van der Waals surface area contributed by atoms with Gasteiger partial charge < -0.3 is 10.6 Å². The first-order chi connectivity index (χ1) is 14.3. The number of halogens is 3. The number of fused-ring (bicyclic) bond motifs is 1. The SMILES string of the molecule is Cc1ccc(C(=O)N[C@H]2CC[C@@H](Nc3cc(C(F)(F)F)nc4ccccc34)CC2)s1. The summed E-state index contributed by atoms with van der Waals surface area (Å²) < 4.78 is 39.8. The van der Waals surface area contributed by atoms with Crippen molar-refractivity contribution in [3.05, 3.63) is 57.9 Å². The van der Waals surface area contributed by atoms with Crippen LogP contribution in [0.25, 0.3) is 10.9 Å². The van der Waals surface area contributed by atoms with Crippen LogP contribution in [0.1, 0.15) is 45.9 Å². The summed E-state index contributed by atoms with van der Waals surface area (Å²) in [5, 5.41) is 7.05. The fourth-order valence-corrected chi connectivity index (χ4v) is 4.63. The van der Waals surface area contributed by atoms with Crippen molar-refractivity contribution in [2.75, 3.05) is 5.32 Å². The summed E-state index contributed by atoms with van der Waals surface area (Å²) in [6, 6.07) is 11.8. The first kappa shape index (κ1) is 20.7. The molecule has 1 amide bonds. The number of para-hydroxylation sites is 1. The third-order valence-electron chi connectivity index (χ3n) is 5.39. The molecule has 2 N–H and O–H groups in total. The minimum absolute atomic E-state index is 0.0500. The lowest BCUT2D eigenvalue weighted by Crippen LogP contribution is -2.40. The van der Waals surface area contributed by atoms with Crippen LogP contribution in [0.4, 0.5) is 18.9 Å². The third kappa shape index (κ3) is 4.59. The molecule has 0 unspecified atom stereocenters. The molecule has 158 valence electrons. The van der Waals surface area contributed by atoms with Crippen molar-refractivity contribution in [3.8, 4) is 0 Å². The number of aromatic nitrogens is 1. The first-order valence-electron chi connectivity index (χ1n) is 9.90. The van der Waals surface area contributed by atoms with E-state index in [2.05, 4.69) is 15.6 Å². The molecule has 30 heavy (non-hydrogen) atoms. The molecule has 1 aliphatic carbocycles. The average molecular weight is 433 g/mol. The lowest BCUT2D eigenvalue weighted by molar-refractivity contribution is -0.140. The zero-order valence-electron chi connectivity index (χ0n) is 16.4. The first-order valence-corrected chi connectivity index (χ1v) is 10.7. The Balaban J connectivity index is 1.42. The van der Waals surface area contributed by atoms with Crippen molar-refractivity contribution in [3.63, 3.8) is 0 Å². The summed E-state index contributed by atoms with van der Waals surface area (Å²) in [7, 11) is 0. The maximum Gasteiger partial charge on any atom is 0.433 e. The molecular formula is C22H22F3N3OS. The highest BCUT2D eigenvalue weighted by molar-refractivity contribution is 7.13. The number of hydrogen-bond acceptors (Lipinski definition) is 4. The molecule has 4 rings (SSSR count). The minimum atomic E-state index is -4.50. The molecule has 1 aliphatic rings. The Kier molecular flexibility index (Phi) is 5.69. The molecule has 4 nitrogen and oxygen atoms in total. The molecule has 0 aliphatic heterocycles. The summed E-state index contributed by atoms with van der Waals surface area (Å²) in [5.41, 5.74) is -0.118. The Morgan fingerprint density at radius 1 is 1.07 bits per heavy atom. The van der Waals surface area contributed by atoms with Gasteiger partial charge in [0.2, 0.25) is 0 Å². The van der Waals surface area contributed by atoms with Crippen LogP contribution in [0.2, 0.25) is 0 Å². The van der Waals surface area contributed by atoms with E-state index in [0.717, 1.165) is 36.6 Å². The predicted molar refractivity (Wildman–Crippen MR) is 113 cm³/mol. The number of alkyl halides is 3. The Morgan fingerprint density at radius 2 is 1.77 bits per heavy atom. The number of aryl methyl sites for hydroxylation is 1. The topological polar surface area (TPSA) is 54.0 Å². The standard InChI is InChI=1S/C22H22F3N3OS/c1-13-6-11-19(30-13)21(29)27-15-9-7-14(8-10-15)26-18-12-20(22(23,24)25)28-17-5-3-2-4-16(17)18/h2-6,11-12,14-15H,7-10H2,1H3,(H,26,28)(H,27,29)/t14-,15+. The number of carbonyl (C=O) groups is 1. The Labute approximate surface area is 176 Å². The van der Waals surface area contributed by atoms with Crippen molar-refractivity contribution in [1.82, 2.24) is 10.3 Å². The van der Waals surface area contributed by atoms with E-state index in [0.29, 0.717) is 21.5 Å². The van der Waals surface area contributed by atoms with E-state index in [1.165, 1.54) is 11.3 Å². The van der Waals surface area contributed by atoms with Crippen LogP contribution in [-0.4, -0.2) is 23.0 Å². The van der Waals surface area contributed by atoms with E-state index in [9.17, 15) is 18.0 Å². The zero-order valence-corrected chi connectivity index (χ0v) is 17.2. The van der Waals surface area contributed by atoms with Gasteiger partial charge in [-0.2, -0.15) is 13.2 Å². The number of anilines is 1. The summed E-state index contributed by atoms with van der Waals surface area (Å²) >= 11 is 1.47. The molecule has 0 radical (unpaired) electrons. The van der Waals surface area contributed by atoms with Crippen LogP contribution in [-0.2, 0) is 6.18 Å². The number of nitrogens with zero attached hydrogens (tertiary/aromatic N) is 1. The lowest BCUT2D eigenvalue weighted by atomic mass is 9.90. The number of nitrogens with one attached hydrogen (secondary N) is 2. The van der Waals surface area contributed by atoms with Crippen molar-refractivity contribution in [1.29, 1.82) is 0 Å². The molecule has 3 aromatic rings. The molecular weight excluding hydrogens is 411 g/mol. The van der Waals surface area contributed by atoms with Gasteiger partial charge in [0, 0.05) is 28.0 Å². The summed E-state index contributed by atoms with van der Waals surface area (Å²) in [5.74, 6) is -0.0561. The second-order valence-corrected chi connectivity index (χ2v) is 8.93. The molecule has 1 saturated carbocycles. The average Bonchev–Trinajstić information content (AvgIpc) is 3.15. The van der Waals surface area contributed by atoms with Crippen LogP contribution in [0.5, 0.6) is 0 Å². The number of pyridine rings is 1. The molecule has 0 saturated heterocycles. The van der Waals surface area contributed by atoms with Crippen LogP contribution in [0.15, 0.2) is 42.5 Å². The monoisotopic (exact) mass is 433 g/mol. The van der Waals surface area contributed by atoms with Gasteiger partial charge in [0.25, 0.3) is 5.91 Å². The van der Waals surface area contributed by atoms with Crippen molar-refractivity contribution >= 4 is 33.8 Å². The fourth-order valence-electron chi connectivity index (χ4n) is 3.86. The molecule has 1 fully saturated rings. The number of thiophene rings is 1. The van der Waals surface area contributed by atoms with Gasteiger partial charge in [0.05, 0.1) is 10.4 Å². The summed E-state index contributed by atoms with van der Waals surface area (Å²) in [6.45, 7) is 1.96. The van der Waals surface area contributed by atoms with Gasteiger partial charge in [0.1, 0.15) is 5.69 Å². The number of carbonyl (C=O) groups excluding carboxylic acids is 1. The molecule has 2 heterocycles. The Hall–Kier alpha value is -2.61. The van der Waals surface area contributed by atoms with E-state index in [-0.39, 0.29) is 18.0 Å². The van der Waals surface area contributed by atoms with Crippen molar-refractivity contribution in [2.45, 2.75) is 50.9 Å². The van der Waals surface area contributed by atoms with Gasteiger partial charge in [-0.3, -0.25) is 4.79 Å². The summed E-state index contributed by atoms with van der Waals surface area (Å²) in [4.78, 5) is 17.9. The maximum absolute atomic E-state index is 13.3. The second kappa shape index (κ2) is 8.26. The highest BCUT2D eigenvalue weighted by Crippen LogP contribution is 2.34. The van der Waals surface area contributed by atoms with E-state index >= 15 is 0 Å². The third-order valence-corrected chi connectivity index (χ3v) is 6.39. The molecule has 0 atom stereocenters. The van der Waals surface area contributed by atoms with Gasteiger partial charge in [-0.05, 0) is 56.9 Å². The largest absolute Gasteiger partial charge is 0.433 e. The Bertz CT molecular complexity index is 1060. The van der Waals surface area contributed by atoms with Gasteiger partial charge in [0.15, 0.2) is 0 Å². The normalized spacial score (nSPS) is 19.6. The summed E-state index contributed by atoms with van der Waals surface area (Å²) in [6.07, 6.45) is -1.40. The number of rotatable bonds is 4. The quantitative estimate of drug-likeness (QED) is 0.549. The van der Waals surface area contributed by atoms with Gasteiger partial charge in [-0.25, -0.2) is 4.98 Å². The van der Waals surface area contributed by atoms with Crippen LogP contribution in [0, 0.1) is 6.92 Å². The maximum atomic E-state index is 13.3. The highest BCUT2D eigenvalue weighted by atomic mass is 32.1. The van der Waals surface area contributed by atoms with Gasteiger partial charge >= 0.3 is 6.18 Å². The Morgan fingerprint density at radius 3 is 2.43 bits per heavy atom. The molecule has 0 bridgehead atoms. The van der Waals surface area contributed by atoms with Crippen LogP contribution in [0.3, 0.4) is 0 Å². The van der Waals surface area contributed by atoms with Crippen LogP contribution < -0.4 is 10.6 Å². The van der Waals surface area contributed by atoms with E-state index in [4.69, 9.17) is 0 Å². The second-order valence-electron chi connectivity index (χ2n) is 7.65. The van der Waals surface area contributed by atoms with Crippen LogP contribution >= 0.6 is 11.3 Å². The van der Waals surface area contributed by atoms with Crippen molar-refractivity contribution < 1.29 is 18.0 Å². The molecule has 0 spiro atoms. The molecule has 2 aromatic heterocycles. The lowest BCUT2D eigenvalue weighted by Gasteiger charge is -2.30. The zero-order chi connectivity index (χ0) is 21.3. The fraction of sp³-hybridized carbons (Fsp3) is 0.364. The van der Waals surface area contributed by atoms with Crippen molar-refractivity contribution in [2.24, 2.45) is 0 Å². The van der Waals surface area contributed by atoms with E-state index in [1.54, 1.807) is 24.3 Å². The van der Waals surface area contributed by atoms with E-state index < -0.39 is 11.9 Å². The minimum Gasteiger partial charge on any atom is -0.382 e. The predicted octanol–water partition coefficient (Wildman–Crippen LogP) is 5.78. The van der Waals surface area contributed by atoms with Gasteiger partial charge in [-0.15, -0.1) is 11.3 Å². The smallest absolute Gasteiger partial charge is 0.382 e. The highest BCUT2D eigenvalue weighted by Gasteiger charge is 2.33. The number of benzene rings is 1. The molecule has 1 aromatic carbocycles. The number of hydrogen-bond donors (Lipinski definition) is 2. The molecule has 8 heteroatoms. The van der Waals surface area contributed by atoms with Gasteiger partial charge in [-0.1, -0.05) is 18.2 Å². The van der Waals surface area contributed by atoms with E-state index in [1.807, 2.05) is 19.1 Å². The number of amides is 1.